The summed E-state index contributed by atoms with van der Waals surface area (Å²) in [5.41, 5.74) is 7.90. The standard InChI is InChI=1S/C28H28FN3O3/c1-16-7-4-5-8-21(16)27(33)31-30-22-9-6-10-24-25(22)18(3)26(35-24)28(34)32-17(2)11-12-19-15-20(29)13-14-23(19)32/h4-5,7-8,13-15,17H,6,9-12H2,1-3H3,(H,31,33)/b30-22+. The molecule has 0 spiro atoms. The lowest BCUT2D eigenvalue weighted by molar-refractivity contribution is 0.0941. The van der Waals surface area contributed by atoms with Gasteiger partial charge in [0.25, 0.3) is 11.8 Å². The van der Waals surface area contributed by atoms with Crippen LogP contribution in [-0.4, -0.2) is 23.6 Å². The first-order valence-electron chi connectivity index (χ1n) is 12.0. The third kappa shape index (κ3) is 4.16. The molecule has 0 fully saturated rings. The van der Waals surface area contributed by atoms with E-state index in [4.69, 9.17) is 4.42 Å². The van der Waals surface area contributed by atoms with Crippen molar-refractivity contribution in [3.05, 3.63) is 87.6 Å². The van der Waals surface area contributed by atoms with Gasteiger partial charge in [-0.1, -0.05) is 18.2 Å². The van der Waals surface area contributed by atoms with Crippen LogP contribution in [0.4, 0.5) is 10.1 Å². The molecule has 2 heterocycles. The molecule has 180 valence electrons. The topological polar surface area (TPSA) is 74.9 Å². The van der Waals surface area contributed by atoms with E-state index in [1.165, 1.54) is 12.1 Å². The number of nitrogens with zero attached hydrogens (tertiary/aromatic N) is 2. The van der Waals surface area contributed by atoms with Crippen LogP contribution in [0.25, 0.3) is 0 Å². The molecule has 1 aliphatic heterocycles. The quantitative estimate of drug-likeness (QED) is 0.512. The normalized spacial score (nSPS) is 18.2. The second-order valence-corrected chi connectivity index (χ2v) is 9.36. The van der Waals surface area contributed by atoms with Crippen molar-refractivity contribution in [2.75, 3.05) is 4.90 Å². The molecule has 0 radical (unpaired) electrons. The molecule has 1 N–H and O–H groups in total. The summed E-state index contributed by atoms with van der Waals surface area (Å²) in [4.78, 5) is 28.1. The van der Waals surface area contributed by atoms with E-state index < -0.39 is 0 Å². The number of fused-ring (bicyclic) bond motifs is 2. The van der Waals surface area contributed by atoms with Crippen LogP contribution in [0, 0.1) is 19.7 Å². The molecule has 5 rings (SSSR count). The molecule has 6 nitrogen and oxygen atoms in total. The predicted octanol–water partition coefficient (Wildman–Crippen LogP) is 5.49. The molecular formula is C28H28FN3O3. The van der Waals surface area contributed by atoms with E-state index in [1.807, 2.05) is 39.0 Å². The Labute approximate surface area is 203 Å². The number of carbonyl (C=O) groups excluding carboxylic acids is 2. The maximum atomic E-state index is 13.8. The van der Waals surface area contributed by atoms with Crippen LogP contribution in [0.5, 0.6) is 0 Å². The second-order valence-electron chi connectivity index (χ2n) is 9.36. The molecule has 0 bridgehead atoms. The van der Waals surface area contributed by atoms with E-state index in [-0.39, 0.29) is 29.4 Å². The third-order valence-electron chi connectivity index (χ3n) is 6.99. The Morgan fingerprint density at radius 1 is 1.11 bits per heavy atom. The zero-order valence-electron chi connectivity index (χ0n) is 20.2. The molecule has 1 atom stereocenters. The summed E-state index contributed by atoms with van der Waals surface area (Å²) in [5, 5.41) is 4.44. The summed E-state index contributed by atoms with van der Waals surface area (Å²) < 4.78 is 19.9. The lowest BCUT2D eigenvalue weighted by Crippen LogP contribution is -2.42. The Morgan fingerprint density at radius 3 is 2.71 bits per heavy atom. The summed E-state index contributed by atoms with van der Waals surface area (Å²) in [6.07, 6.45) is 3.67. The van der Waals surface area contributed by atoms with Crippen LogP contribution in [0.2, 0.25) is 0 Å². The van der Waals surface area contributed by atoms with E-state index >= 15 is 0 Å². The number of hydrogen-bond donors (Lipinski definition) is 1. The van der Waals surface area contributed by atoms with Crippen LogP contribution < -0.4 is 10.3 Å². The SMILES string of the molecule is Cc1ccccc1C(=O)N/N=C1\CCCc2oc(C(=O)N3c4ccc(F)cc4CCC3C)c(C)c21. The van der Waals surface area contributed by atoms with Crippen molar-refractivity contribution in [1.82, 2.24) is 5.43 Å². The minimum Gasteiger partial charge on any atom is -0.455 e. The van der Waals surface area contributed by atoms with Crippen molar-refractivity contribution >= 4 is 23.2 Å². The van der Waals surface area contributed by atoms with E-state index in [9.17, 15) is 14.0 Å². The number of benzene rings is 2. The fourth-order valence-corrected chi connectivity index (χ4v) is 5.13. The highest BCUT2D eigenvalue weighted by Gasteiger charge is 2.35. The molecule has 2 aliphatic rings. The van der Waals surface area contributed by atoms with Crippen molar-refractivity contribution in [3.8, 4) is 0 Å². The number of aryl methyl sites for hydroxylation is 3. The van der Waals surface area contributed by atoms with Crippen molar-refractivity contribution < 1.29 is 18.4 Å². The lowest BCUT2D eigenvalue weighted by atomic mass is 9.92. The first kappa shape index (κ1) is 23.0. The molecule has 2 aromatic carbocycles. The van der Waals surface area contributed by atoms with Gasteiger partial charge in [0.2, 0.25) is 0 Å². The second kappa shape index (κ2) is 9.13. The number of rotatable bonds is 3. The fraction of sp³-hybridized carbons (Fsp3) is 0.321. The average Bonchev–Trinajstić information content (AvgIpc) is 3.19. The average molecular weight is 474 g/mol. The van der Waals surface area contributed by atoms with Crippen LogP contribution in [0.15, 0.2) is 52.0 Å². The summed E-state index contributed by atoms with van der Waals surface area (Å²) in [7, 11) is 0. The van der Waals surface area contributed by atoms with E-state index in [1.54, 1.807) is 17.0 Å². The number of halogens is 1. The highest BCUT2D eigenvalue weighted by Crippen LogP contribution is 2.36. The van der Waals surface area contributed by atoms with Crippen LogP contribution in [-0.2, 0) is 12.8 Å². The number of nitrogens with one attached hydrogen (secondary N) is 1. The molecule has 1 unspecified atom stereocenters. The Kier molecular flexibility index (Phi) is 6.01. The molecule has 7 heteroatoms. The molecule has 1 aromatic heterocycles. The first-order chi connectivity index (χ1) is 16.8. The Bertz CT molecular complexity index is 1360. The molecule has 3 aromatic rings. The minimum atomic E-state index is -0.302. The van der Waals surface area contributed by atoms with Crippen LogP contribution in [0.3, 0.4) is 0 Å². The van der Waals surface area contributed by atoms with Gasteiger partial charge in [-0.05, 0) is 81.8 Å². The van der Waals surface area contributed by atoms with Gasteiger partial charge in [-0.25, -0.2) is 9.82 Å². The summed E-state index contributed by atoms with van der Waals surface area (Å²) in [6.45, 7) is 5.74. The van der Waals surface area contributed by atoms with Gasteiger partial charge >= 0.3 is 0 Å². The number of anilines is 1. The minimum absolute atomic E-state index is 0.0384. The highest BCUT2D eigenvalue weighted by atomic mass is 19.1. The number of furan rings is 1. The number of amides is 2. The maximum Gasteiger partial charge on any atom is 0.294 e. The monoisotopic (exact) mass is 473 g/mol. The van der Waals surface area contributed by atoms with Crippen molar-refractivity contribution in [2.24, 2.45) is 5.10 Å². The maximum absolute atomic E-state index is 13.8. The van der Waals surface area contributed by atoms with Gasteiger partial charge in [0.1, 0.15) is 11.6 Å². The molecular weight excluding hydrogens is 445 g/mol. The molecule has 0 saturated heterocycles. The Morgan fingerprint density at radius 2 is 1.91 bits per heavy atom. The molecule has 0 saturated carbocycles. The van der Waals surface area contributed by atoms with Gasteiger partial charge in [-0.3, -0.25) is 9.59 Å². The zero-order valence-corrected chi connectivity index (χ0v) is 20.2. The van der Waals surface area contributed by atoms with Gasteiger partial charge in [0.15, 0.2) is 5.76 Å². The fourth-order valence-electron chi connectivity index (χ4n) is 5.13. The van der Waals surface area contributed by atoms with Gasteiger partial charge in [-0.15, -0.1) is 0 Å². The van der Waals surface area contributed by atoms with E-state index in [0.717, 1.165) is 47.2 Å². The van der Waals surface area contributed by atoms with Crippen LogP contribution >= 0.6 is 0 Å². The molecule has 35 heavy (non-hydrogen) atoms. The van der Waals surface area contributed by atoms with E-state index in [2.05, 4.69) is 10.5 Å². The van der Waals surface area contributed by atoms with Crippen LogP contribution in [0.1, 0.15) is 75.1 Å². The van der Waals surface area contributed by atoms with Crippen molar-refractivity contribution in [1.29, 1.82) is 0 Å². The van der Waals surface area contributed by atoms with E-state index in [0.29, 0.717) is 29.9 Å². The lowest BCUT2D eigenvalue weighted by Gasteiger charge is -2.34. The smallest absolute Gasteiger partial charge is 0.294 e. The largest absolute Gasteiger partial charge is 0.455 e. The zero-order chi connectivity index (χ0) is 24.7. The number of carbonyl (C=O) groups is 2. The number of hydrazone groups is 1. The summed E-state index contributed by atoms with van der Waals surface area (Å²) in [6, 6.07) is 11.9. The van der Waals surface area contributed by atoms with Gasteiger partial charge < -0.3 is 9.32 Å². The summed E-state index contributed by atoms with van der Waals surface area (Å²) in [5.74, 6) is 0.180. The summed E-state index contributed by atoms with van der Waals surface area (Å²) >= 11 is 0. The van der Waals surface area contributed by atoms with Gasteiger partial charge in [-0.2, -0.15) is 5.10 Å². The highest BCUT2D eigenvalue weighted by molar-refractivity contribution is 6.11. The third-order valence-corrected chi connectivity index (χ3v) is 6.99. The molecule has 2 amide bonds. The molecule has 1 aliphatic carbocycles. The number of hydrogen-bond acceptors (Lipinski definition) is 4. The van der Waals surface area contributed by atoms with Gasteiger partial charge in [0.05, 0.1) is 5.71 Å². The predicted molar refractivity (Wildman–Crippen MR) is 133 cm³/mol. The Hall–Kier alpha value is -3.74. The Balaban J connectivity index is 1.46. The van der Waals surface area contributed by atoms with Crippen molar-refractivity contribution in [2.45, 2.75) is 58.9 Å². The van der Waals surface area contributed by atoms with Gasteiger partial charge in [0, 0.05) is 34.8 Å². The first-order valence-corrected chi connectivity index (χ1v) is 12.0. The van der Waals surface area contributed by atoms with Crippen molar-refractivity contribution in [3.63, 3.8) is 0 Å².